The molecule has 168 valence electrons. The number of carbonyl (C=O) groups is 1. The fourth-order valence-corrected chi connectivity index (χ4v) is 6.79. The van der Waals surface area contributed by atoms with Crippen LogP contribution in [0.15, 0.2) is 58.9 Å². The van der Waals surface area contributed by atoms with Crippen molar-refractivity contribution in [2.45, 2.75) is 23.3 Å². The van der Waals surface area contributed by atoms with E-state index in [2.05, 4.69) is 15.5 Å². The molecule has 2 heterocycles. The molecule has 0 bridgehead atoms. The zero-order valence-electron chi connectivity index (χ0n) is 17.0. The van der Waals surface area contributed by atoms with Crippen LogP contribution >= 0.6 is 23.1 Å². The molecule has 2 aromatic carbocycles. The van der Waals surface area contributed by atoms with Gasteiger partial charge < -0.3 is 10.2 Å². The molecule has 1 aromatic heterocycles. The summed E-state index contributed by atoms with van der Waals surface area (Å²) in [5.41, 5.74) is 1.64. The van der Waals surface area contributed by atoms with Crippen LogP contribution in [0.3, 0.4) is 0 Å². The van der Waals surface area contributed by atoms with E-state index in [4.69, 9.17) is 0 Å². The lowest BCUT2D eigenvalue weighted by molar-refractivity contribution is -0.130. The zero-order chi connectivity index (χ0) is 22.6. The van der Waals surface area contributed by atoms with Gasteiger partial charge in [0.2, 0.25) is 11.0 Å². The van der Waals surface area contributed by atoms with Gasteiger partial charge in [-0.2, -0.15) is 0 Å². The lowest BCUT2D eigenvalue weighted by atomic mass is 10.1. The van der Waals surface area contributed by atoms with Gasteiger partial charge in [0.25, 0.3) is 0 Å². The van der Waals surface area contributed by atoms with Gasteiger partial charge in [0, 0.05) is 18.3 Å². The number of aromatic nitrogens is 2. The van der Waals surface area contributed by atoms with E-state index in [1.165, 1.54) is 35.2 Å². The highest BCUT2D eigenvalue weighted by molar-refractivity contribution is 8.01. The summed E-state index contributed by atoms with van der Waals surface area (Å²) in [6.07, 6.45) is 0.454. The molecule has 1 aliphatic rings. The molecule has 0 spiro atoms. The summed E-state index contributed by atoms with van der Waals surface area (Å²) in [5, 5.41) is 11.7. The summed E-state index contributed by atoms with van der Waals surface area (Å²) in [6.45, 7) is 0.369. The Morgan fingerprint density at radius 3 is 2.59 bits per heavy atom. The predicted octanol–water partition coefficient (Wildman–Crippen LogP) is 3.73. The van der Waals surface area contributed by atoms with Crippen LogP contribution in [0, 0.1) is 5.82 Å². The van der Waals surface area contributed by atoms with Gasteiger partial charge in [-0.1, -0.05) is 53.4 Å². The molecule has 11 heteroatoms. The van der Waals surface area contributed by atoms with Crippen molar-refractivity contribution in [3.63, 3.8) is 0 Å². The maximum atomic E-state index is 13.1. The van der Waals surface area contributed by atoms with Crippen molar-refractivity contribution < 1.29 is 17.6 Å². The third kappa shape index (κ3) is 6.05. The first-order valence-corrected chi connectivity index (χ1v) is 13.5. The second-order valence-electron chi connectivity index (χ2n) is 7.36. The molecule has 32 heavy (non-hydrogen) atoms. The standard InChI is InChI=1S/C21H21FN4O3S3/c22-16-6-8-17(9-7-16)23-20-24-25-21(31-20)30-13-19(27)26(12-15-4-2-1-3-5-15)18-10-11-32(28,29)14-18/h1-9,18H,10-14H2,(H,23,24). The molecule has 1 aliphatic heterocycles. The Bertz CT molecular complexity index is 1170. The maximum Gasteiger partial charge on any atom is 0.233 e. The number of benzene rings is 2. The molecule has 4 rings (SSSR count). The number of amides is 1. The lowest BCUT2D eigenvalue weighted by Gasteiger charge is -2.28. The van der Waals surface area contributed by atoms with Crippen molar-refractivity contribution in [3.8, 4) is 0 Å². The van der Waals surface area contributed by atoms with Gasteiger partial charge in [-0.3, -0.25) is 4.79 Å². The lowest BCUT2D eigenvalue weighted by Crippen LogP contribution is -2.41. The average molecular weight is 493 g/mol. The van der Waals surface area contributed by atoms with E-state index in [0.29, 0.717) is 28.1 Å². The molecular formula is C21H21FN4O3S3. The van der Waals surface area contributed by atoms with Gasteiger partial charge in [0.15, 0.2) is 14.2 Å². The SMILES string of the molecule is O=C(CSc1nnc(Nc2ccc(F)cc2)s1)N(Cc1ccccc1)C1CCS(=O)(=O)C1. The van der Waals surface area contributed by atoms with Crippen LogP contribution in [0.1, 0.15) is 12.0 Å². The van der Waals surface area contributed by atoms with E-state index in [1.807, 2.05) is 30.3 Å². The minimum Gasteiger partial charge on any atom is -0.334 e. The number of hydrogen-bond donors (Lipinski definition) is 1. The highest BCUT2D eigenvalue weighted by Gasteiger charge is 2.34. The molecule has 1 amide bonds. The summed E-state index contributed by atoms with van der Waals surface area (Å²) in [7, 11) is -3.12. The van der Waals surface area contributed by atoms with Crippen molar-refractivity contribution in [1.82, 2.24) is 15.1 Å². The molecule has 1 unspecified atom stereocenters. The number of halogens is 1. The minimum atomic E-state index is -3.12. The molecule has 3 aromatic rings. The Labute approximate surface area is 194 Å². The normalized spacial score (nSPS) is 17.2. The number of thioether (sulfide) groups is 1. The smallest absolute Gasteiger partial charge is 0.233 e. The molecule has 0 aliphatic carbocycles. The van der Waals surface area contributed by atoms with Crippen molar-refractivity contribution in [2.24, 2.45) is 0 Å². The number of carbonyl (C=O) groups excluding carboxylic acids is 1. The summed E-state index contributed by atoms with van der Waals surface area (Å²) >= 11 is 2.56. The predicted molar refractivity (Wildman–Crippen MR) is 124 cm³/mol. The highest BCUT2D eigenvalue weighted by atomic mass is 32.2. The number of nitrogens with one attached hydrogen (secondary N) is 1. The second-order valence-corrected chi connectivity index (χ2v) is 11.8. The highest BCUT2D eigenvalue weighted by Crippen LogP contribution is 2.29. The Morgan fingerprint density at radius 1 is 1.16 bits per heavy atom. The number of nitrogens with zero attached hydrogens (tertiary/aromatic N) is 3. The van der Waals surface area contributed by atoms with Gasteiger partial charge in [-0.25, -0.2) is 12.8 Å². The van der Waals surface area contributed by atoms with E-state index >= 15 is 0 Å². The van der Waals surface area contributed by atoms with E-state index in [-0.39, 0.29) is 35.0 Å². The largest absolute Gasteiger partial charge is 0.334 e. The van der Waals surface area contributed by atoms with Crippen LogP contribution in [-0.4, -0.2) is 52.7 Å². The second kappa shape index (κ2) is 9.97. The average Bonchev–Trinajstić information content (AvgIpc) is 3.38. The number of sulfone groups is 1. The third-order valence-electron chi connectivity index (χ3n) is 4.99. The van der Waals surface area contributed by atoms with E-state index < -0.39 is 9.84 Å². The van der Waals surface area contributed by atoms with Crippen LogP contribution in [0.5, 0.6) is 0 Å². The van der Waals surface area contributed by atoms with Gasteiger partial charge in [-0.15, -0.1) is 10.2 Å². The van der Waals surface area contributed by atoms with Crippen LogP contribution in [0.25, 0.3) is 0 Å². The minimum absolute atomic E-state index is 0.000780. The van der Waals surface area contributed by atoms with Crippen LogP contribution < -0.4 is 5.32 Å². The molecule has 1 atom stereocenters. The van der Waals surface area contributed by atoms with Gasteiger partial charge in [0.05, 0.1) is 17.3 Å². The zero-order valence-corrected chi connectivity index (χ0v) is 19.4. The monoisotopic (exact) mass is 492 g/mol. The fourth-order valence-electron chi connectivity index (χ4n) is 3.40. The molecule has 0 radical (unpaired) electrons. The molecular weight excluding hydrogens is 471 g/mol. The first kappa shape index (κ1) is 22.7. The van der Waals surface area contributed by atoms with E-state index in [9.17, 15) is 17.6 Å². The topological polar surface area (TPSA) is 92.3 Å². The Balaban J connectivity index is 1.39. The Morgan fingerprint density at radius 2 is 1.91 bits per heavy atom. The van der Waals surface area contributed by atoms with Crippen LogP contribution in [-0.2, 0) is 21.2 Å². The van der Waals surface area contributed by atoms with E-state index in [1.54, 1.807) is 17.0 Å². The first-order valence-electron chi connectivity index (χ1n) is 9.91. The number of anilines is 2. The van der Waals surface area contributed by atoms with Crippen molar-refractivity contribution in [1.29, 1.82) is 0 Å². The van der Waals surface area contributed by atoms with Crippen molar-refractivity contribution in [3.05, 3.63) is 66.0 Å². The van der Waals surface area contributed by atoms with Gasteiger partial charge in [-0.05, 0) is 36.2 Å². The molecule has 1 fully saturated rings. The Kier molecular flexibility index (Phi) is 7.07. The summed E-state index contributed by atoms with van der Waals surface area (Å²) in [6, 6.07) is 15.1. The number of hydrogen-bond acceptors (Lipinski definition) is 8. The van der Waals surface area contributed by atoms with Crippen LogP contribution in [0.2, 0.25) is 0 Å². The first-order chi connectivity index (χ1) is 15.4. The maximum absolute atomic E-state index is 13.1. The molecule has 1 saturated heterocycles. The molecule has 1 N–H and O–H groups in total. The summed E-state index contributed by atoms with van der Waals surface area (Å²) < 4.78 is 37.6. The van der Waals surface area contributed by atoms with Gasteiger partial charge in [0.1, 0.15) is 5.82 Å². The fraction of sp³-hybridized carbons (Fsp3) is 0.286. The van der Waals surface area contributed by atoms with Crippen molar-refractivity contribution in [2.75, 3.05) is 22.6 Å². The van der Waals surface area contributed by atoms with Crippen molar-refractivity contribution >= 4 is 49.7 Å². The molecule has 7 nitrogen and oxygen atoms in total. The van der Waals surface area contributed by atoms with Gasteiger partial charge >= 0.3 is 0 Å². The summed E-state index contributed by atoms with van der Waals surface area (Å²) in [5.74, 6) is -0.213. The van der Waals surface area contributed by atoms with Crippen LogP contribution in [0.4, 0.5) is 15.2 Å². The summed E-state index contributed by atoms with van der Waals surface area (Å²) in [4.78, 5) is 14.7. The number of rotatable bonds is 8. The van der Waals surface area contributed by atoms with E-state index in [0.717, 1.165) is 5.56 Å². The Hall–Kier alpha value is -2.50. The third-order valence-corrected chi connectivity index (χ3v) is 8.69. The quantitative estimate of drug-likeness (QED) is 0.479. The molecule has 0 saturated carbocycles.